The molecule has 1 saturated heterocycles. The molecule has 1 heterocycles. The van der Waals surface area contributed by atoms with E-state index in [9.17, 15) is 18.0 Å². The Morgan fingerprint density at radius 1 is 1.25 bits per heavy atom. The standard InChI is InChI=1S/C17H16BrF3N2O/c1-16(2)9-23(22-15(16)24)14(17(19,20)21)11-7-10-5-3-4-6-12(10)13(18)8-11/h3-8,14H,9H2,1-2H3,(H,22,24). The summed E-state index contributed by atoms with van der Waals surface area (Å²) in [4.78, 5) is 11.9. The highest BCUT2D eigenvalue weighted by atomic mass is 79.9. The van der Waals surface area contributed by atoms with E-state index in [4.69, 9.17) is 0 Å². The van der Waals surface area contributed by atoms with Gasteiger partial charge in [0, 0.05) is 11.0 Å². The average molecular weight is 401 g/mol. The van der Waals surface area contributed by atoms with Crippen LogP contribution >= 0.6 is 15.9 Å². The second kappa shape index (κ2) is 5.74. The fourth-order valence-corrected chi connectivity index (χ4v) is 3.59. The molecule has 0 aliphatic carbocycles. The zero-order valence-electron chi connectivity index (χ0n) is 13.1. The zero-order chi connectivity index (χ0) is 17.7. The highest BCUT2D eigenvalue weighted by Gasteiger charge is 2.51. The van der Waals surface area contributed by atoms with Gasteiger partial charge in [-0.15, -0.1) is 0 Å². The zero-order valence-corrected chi connectivity index (χ0v) is 14.7. The van der Waals surface area contributed by atoms with Crippen LogP contribution in [0.2, 0.25) is 0 Å². The molecular formula is C17H16BrF3N2O. The maximum Gasteiger partial charge on any atom is 0.409 e. The van der Waals surface area contributed by atoms with Gasteiger partial charge in [0.15, 0.2) is 0 Å². The number of carbonyl (C=O) groups is 1. The fourth-order valence-electron chi connectivity index (χ4n) is 2.96. The Bertz CT molecular complexity index is 804. The molecule has 2 aromatic carbocycles. The van der Waals surface area contributed by atoms with E-state index >= 15 is 0 Å². The molecule has 0 radical (unpaired) electrons. The van der Waals surface area contributed by atoms with E-state index in [-0.39, 0.29) is 12.1 Å². The van der Waals surface area contributed by atoms with Gasteiger partial charge in [-0.05, 0) is 42.3 Å². The number of amides is 1. The quantitative estimate of drug-likeness (QED) is 0.799. The predicted molar refractivity (Wildman–Crippen MR) is 89.1 cm³/mol. The van der Waals surface area contributed by atoms with Gasteiger partial charge >= 0.3 is 6.18 Å². The molecule has 24 heavy (non-hydrogen) atoms. The fraction of sp³-hybridized carbons (Fsp3) is 0.353. The van der Waals surface area contributed by atoms with Crippen molar-refractivity contribution in [3.05, 3.63) is 46.4 Å². The Balaban J connectivity index is 2.10. The molecule has 3 nitrogen and oxygen atoms in total. The van der Waals surface area contributed by atoms with Crippen LogP contribution in [0, 0.1) is 5.41 Å². The summed E-state index contributed by atoms with van der Waals surface area (Å²) in [7, 11) is 0. The molecular weight excluding hydrogens is 385 g/mol. The predicted octanol–water partition coefficient (Wildman–Crippen LogP) is 4.58. The van der Waals surface area contributed by atoms with Crippen molar-refractivity contribution in [3.63, 3.8) is 0 Å². The van der Waals surface area contributed by atoms with Crippen molar-refractivity contribution in [1.29, 1.82) is 0 Å². The van der Waals surface area contributed by atoms with Gasteiger partial charge in [-0.25, -0.2) is 5.01 Å². The van der Waals surface area contributed by atoms with E-state index in [1.54, 1.807) is 26.0 Å². The van der Waals surface area contributed by atoms with E-state index < -0.39 is 23.5 Å². The van der Waals surface area contributed by atoms with Crippen molar-refractivity contribution >= 4 is 32.6 Å². The van der Waals surface area contributed by atoms with Crippen LogP contribution in [0.4, 0.5) is 13.2 Å². The van der Waals surface area contributed by atoms with Crippen LogP contribution in [-0.4, -0.2) is 23.6 Å². The third kappa shape index (κ3) is 3.02. The number of hydrazine groups is 1. The number of rotatable bonds is 2. The highest BCUT2D eigenvalue weighted by Crippen LogP contribution is 2.42. The van der Waals surface area contributed by atoms with Crippen LogP contribution < -0.4 is 5.43 Å². The summed E-state index contributed by atoms with van der Waals surface area (Å²) in [6.45, 7) is 3.25. The molecule has 2 aromatic rings. The summed E-state index contributed by atoms with van der Waals surface area (Å²) in [5, 5.41) is 2.53. The van der Waals surface area contributed by atoms with Crippen LogP contribution in [0.15, 0.2) is 40.9 Å². The molecule has 3 rings (SSSR count). The van der Waals surface area contributed by atoms with Crippen molar-refractivity contribution in [1.82, 2.24) is 10.4 Å². The first-order chi connectivity index (χ1) is 11.1. The summed E-state index contributed by atoms with van der Waals surface area (Å²) in [5.41, 5.74) is 1.60. The summed E-state index contributed by atoms with van der Waals surface area (Å²) in [5.74, 6) is -0.406. The molecule has 0 spiro atoms. The molecule has 128 valence electrons. The molecule has 1 fully saturated rings. The summed E-state index contributed by atoms with van der Waals surface area (Å²) in [6.07, 6.45) is -4.52. The number of benzene rings is 2. The van der Waals surface area contributed by atoms with Gasteiger partial charge in [0.1, 0.15) is 6.04 Å². The molecule has 0 bridgehead atoms. The summed E-state index contributed by atoms with van der Waals surface area (Å²) >= 11 is 3.35. The number of nitrogens with one attached hydrogen (secondary N) is 1. The lowest BCUT2D eigenvalue weighted by Gasteiger charge is -2.30. The van der Waals surface area contributed by atoms with Gasteiger partial charge in [0.2, 0.25) is 5.91 Å². The molecule has 1 N–H and O–H groups in total. The number of halogens is 4. The lowest BCUT2D eigenvalue weighted by Crippen LogP contribution is -2.43. The van der Waals surface area contributed by atoms with Crippen LogP contribution in [-0.2, 0) is 4.79 Å². The third-order valence-corrected chi connectivity index (χ3v) is 4.85. The largest absolute Gasteiger partial charge is 0.409 e. The van der Waals surface area contributed by atoms with Gasteiger partial charge in [0.25, 0.3) is 0 Å². The second-order valence-corrected chi connectivity index (χ2v) is 7.48. The Hall–Kier alpha value is -1.60. The van der Waals surface area contributed by atoms with Gasteiger partial charge in [-0.2, -0.15) is 13.2 Å². The number of nitrogens with zero attached hydrogens (tertiary/aromatic N) is 1. The first-order valence-electron chi connectivity index (χ1n) is 7.42. The Morgan fingerprint density at radius 3 is 2.50 bits per heavy atom. The molecule has 1 aliphatic heterocycles. The van der Waals surface area contributed by atoms with Crippen molar-refractivity contribution in [2.24, 2.45) is 5.41 Å². The highest BCUT2D eigenvalue weighted by molar-refractivity contribution is 9.10. The minimum atomic E-state index is -4.52. The van der Waals surface area contributed by atoms with Gasteiger partial charge in [-0.3, -0.25) is 10.2 Å². The Kier molecular flexibility index (Phi) is 4.12. The number of alkyl halides is 3. The monoisotopic (exact) mass is 400 g/mol. The van der Waals surface area contributed by atoms with Crippen molar-refractivity contribution < 1.29 is 18.0 Å². The van der Waals surface area contributed by atoms with Crippen molar-refractivity contribution in [2.75, 3.05) is 6.54 Å². The second-order valence-electron chi connectivity index (χ2n) is 6.62. The number of hydrogen-bond donors (Lipinski definition) is 1. The molecule has 0 aromatic heterocycles. The van der Waals surface area contributed by atoms with E-state index in [2.05, 4.69) is 21.4 Å². The minimum Gasteiger partial charge on any atom is -0.287 e. The van der Waals surface area contributed by atoms with Crippen molar-refractivity contribution in [2.45, 2.75) is 26.1 Å². The SMILES string of the molecule is CC1(C)CN(C(c2cc(Br)c3ccccc3c2)C(F)(F)F)NC1=O. The van der Waals surface area contributed by atoms with E-state index in [1.165, 1.54) is 12.1 Å². The summed E-state index contributed by atoms with van der Waals surface area (Å²) in [6, 6.07) is 8.31. The average Bonchev–Trinajstić information content (AvgIpc) is 2.70. The lowest BCUT2D eigenvalue weighted by molar-refractivity contribution is -0.191. The van der Waals surface area contributed by atoms with E-state index in [0.717, 1.165) is 10.4 Å². The van der Waals surface area contributed by atoms with Crippen LogP contribution in [0.5, 0.6) is 0 Å². The van der Waals surface area contributed by atoms with Gasteiger partial charge < -0.3 is 0 Å². The third-order valence-electron chi connectivity index (χ3n) is 4.20. The smallest absolute Gasteiger partial charge is 0.287 e. The van der Waals surface area contributed by atoms with E-state index in [1.807, 2.05) is 12.1 Å². The Morgan fingerprint density at radius 2 is 1.92 bits per heavy atom. The first kappa shape index (κ1) is 17.2. The Labute approximate surface area is 145 Å². The topological polar surface area (TPSA) is 32.3 Å². The first-order valence-corrected chi connectivity index (χ1v) is 8.21. The minimum absolute atomic E-state index is 0.0134. The maximum atomic E-state index is 13.8. The molecule has 0 saturated carbocycles. The van der Waals surface area contributed by atoms with E-state index in [0.29, 0.717) is 9.86 Å². The van der Waals surface area contributed by atoms with Crippen molar-refractivity contribution in [3.8, 4) is 0 Å². The summed E-state index contributed by atoms with van der Waals surface area (Å²) < 4.78 is 41.9. The molecule has 1 unspecified atom stereocenters. The molecule has 1 aliphatic rings. The number of fused-ring (bicyclic) bond motifs is 1. The van der Waals surface area contributed by atoms with Crippen LogP contribution in [0.3, 0.4) is 0 Å². The maximum absolute atomic E-state index is 13.8. The van der Waals surface area contributed by atoms with Crippen LogP contribution in [0.1, 0.15) is 25.5 Å². The van der Waals surface area contributed by atoms with Crippen LogP contribution in [0.25, 0.3) is 10.8 Å². The number of hydrogen-bond acceptors (Lipinski definition) is 2. The molecule has 1 atom stereocenters. The molecule has 1 amide bonds. The van der Waals surface area contributed by atoms with Gasteiger partial charge in [0.05, 0.1) is 5.41 Å². The lowest BCUT2D eigenvalue weighted by atomic mass is 9.93. The van der Waals surface area contributed by atoms with Gasteiger partial charge in [-0.1, -0.05) is 40.2 Å². The normalized spacial score (nSPS) is 19.5. The number of carbonyl (C=O) groups excluding carboxylic acids is 1. The molecule has 7 heteroatoms.